The number of hydrogen-bond donors (Lipinski definition) is 0. The van der Waals surface area contributed by atoms with Crippen LogP contribution in [0.5, 0.6) is 0 Å². The lowest BCUT2D eigenvalue weighted by molar-refractivity contribution is -0.126. The second-order valence-corrected chi connectivity index (χ2v) is 20.1. The Morgan fingerprint density at radius 1 is 0.456 bits per heavy atom. The molecule has 5 nitrogen and oxygen atoms in total. The molecule has 2 saturated carbocycles. The number of rotatable bonds is 34. The molecule has 0 spiro atoms. The van der Waals surface area contributed by atoms with E-state index < -0.39 is 5.41 Å². The molecule has 0 saturated heterocycles. The molecule has 2 aliphatic carbocycles. The normalized spacial score (nSPS) is 17.0. The Balaban J connectivity index is 0.000000461. The highest BCUT2D eigenvalue weighted by atomic mass is 127. The zero-order valence-electron chi connectivity index (χ0n) is 43.1. The molecule has 0 aliphatic heterocycles. The van der Waals surface area contributed by atoms with Gasteiger partial charge in [0.1, 0.15) is 12.6 Å². The molecule has 2 fully saturated rings. The van der Waals surface area contributed by atoms with Gasteiger partial charge in [0.15, 0.2) is 0 Å². The van der Waals surface area contributed by atoms with Crippen LogP contribution >= 0.6 is 24.0 Å². The molecule has 0 aromatic heterocycles. The summed E-state index contributed by atoms with van der Waals surface area (Å²) in [4.78, 5) is 20.9. The van der Waals surface area contributed by atoms with Gasteiger partial charge in [0, 0.05) is 25.2 Å². The van der Waals surface area contributed by atoms with Crippen molar-refractivity contribution in [2.45, 2.75) is 201 Å². The number of carbonyl (C=O) groups excluding carboxylic acids is 2. The summed E-state index contributed by atoms with van der Waals surface area (Å²) in [5, 5.41) is 0. The van der Waals surface area contributed by atoms with E-state index in [2.05, 4.69) is 130 Å². The fourth-order valence-corrected chi connectivity index (χ4v) is 9.42. The van der Waals surface area contributed by atoms with Crippen molar-refractivity contribution in [2.24, 2.45) is 22.7 Å². The van der Waals surface area contributed by atoms with Gasteiger partial charge in [0.2, 0.25) is 0 Å². The summed E-state index contributed by atoms with van der Waals surface area (Å²) in [6, 6.07) is 31.3. The van der Waals surface area contributed by atoms with Crippen molar-refractivity contribution < 1.29 is 23.8 Å². The fourth-order valence-electron chi connectivity index (χ4n) is 9.42. The fraction of sp³-hybridized carbons (Fsp3) is 0.613. The van der Waals surface area contributed by atoms with Crippen LogP contribution in [0, 0.1) is 22.7 Å². The summed E-state index contributed by atoms with van der Waals surface area (Å²) in [6.07, 6.45) is 43.0. The van der Waals surface area contributed by atoms with Crippen molar-refractivity contribution >= 4 is 36.5 Å². The quantitative estimate of drug-likeness (QED) is 0.0196. The predicted octanol–water partition coefficient (Wildman–Crippen LogP) is 17.8. The van der Waals surface area contributed by atoms with E-state index in [9.17, 15) is 9.59 Å². The number of benzene rings is 3. The monoisotopic (exact) mass is 1050 g/mol. The number of halogens is 1. The number of ether oxygens (including phenoxy) is 3. The number of allylic oxidation sites excluding steroid dienone is 4. The third-order valence-corrected chi connectivity index (χ3v) is 13.6. The van der Waals surface area contributed by atoms with Crippen LogP contribution in [-0.4, -0.2) is 32.4 Å². The van der Waals surface area contributed by atoms with E-state index in [0.717, 1.165) is 77.4 Å². The minimum absolute atomic E-state index is 0. The first-order valence-electron chi connectivity index (χ1n) is 27.0. The van der Waals surface area contributed by atoms with Crippen LogP contribution in [-0.2, 0) is 43.6 Å². The van der Waals surface area contributed by atoms with Crippen LogP contribution in [0.3, 0.4) is 0 Å². The molecular formula is C62H95IO5. The molecular weight excluding hydrogens is 952 g/mol. The Kier molecular flexibility index (Phi) is 36.7. The van der Waals surface area contributed by atoms with Gasteiger partial charge in [-0.3, -0.25) is 0 Å². The van der Waals surface area contributed by atoms with Crippen molar-refractivity contribution in [2.75, 3.05) is 19.8 Å². The lowest BCUT2D eigenvalue weighted by atomic mass is 9.83. The SMILES string of the molecule is CC1CCC(/C=C\CCCCCCCOCc2ccccc2)(/C=C\CCCCCCCOCc2ccccc2)C1.CC1CCC(C=O)(C=O)C1.CCCCCCCCCOCc1ccccc1.I. The third kappa shape index (κ3) is 30.0. The molecule has 3 aromatic carbocycles. The van der Waals surface area contributed by atoms with Crippen LogP contribution in [0.2, 0.25) is 0 Å². The average molecular weight is 1050 g/mol. The highest BCUT2D eigenvalue weighted by Crippen LogP contribution is 2.44. The average Bonchev–Trinajstić information content (AvgIpc) is 3.94. The van der Waals surface area contributed by atoms with Gasteiger partial charge < -0.3 is 23.8 Å². The molecule has 6 heteroatoms. The van der Waals surface area contributed by atoms with Crippen LogP contribution < -0.4 is 0 Å². The third-order valence-electron chi connectivity index (χ3n) is 13.6. The van der Waals surface area contributed by atoms with Gasteiger partial charge in [-0.2, -0.15) is 0 Å². The van der Waals surface area contributed by atoms with Crippen LogP contribution in [0.15, 0.2) is 115 Å². The highest BCUT2D eigenvalue weighted by molar-refractivity contribution is 14.0. The summed E-state index contributed by atoms with van der Waals surface area (Å²) >= 11 is 0. The summed E-state index contributed by atoms with van der Waals surface area (Å²) in [5.41, 5.74) is 3.53. The molecule has 2 atom stereocenters. The van der Waals surface area contributed by atoms with Crippen molar-refractivity contribution in [1.29, 1.82) is 0 Å². The maximum Gasteiger partial charge on any atom is 0.133 e. The van der Waals surface area contributed by atoms with Crippen LogP contribution in [0.25, 0.3) is 0 Å². The molecule has 0 bridgehead atoms. The van der Waals surface area contributed by atoms with Gasteiger partial charge in [-0.1, -0.05) is 213 Å². The standard InChI is InChI=1S/C38H56O2.C16H26O.C8H12O2.HI/c1-35-26-29-38(32-35,27-18-8-4-2-6-10-20-30-39-33-36-22-14-12-15-23-36)28-19-9-5-3-7-11-21-31-40-34-37-24-16-13-17-25-37;1-2-3-4-5-6-7-11-14-17-15-16-12-9-8-10-13-16;1-7-2-3-8(4-7,5-9)6-10;/h12-19,22-25,27-28,35H,2-11,20-21,26,29-34H2,1H3;8-10,12-13H,2-7,11,14-15H2,1H3;5-7H,2-4H2,1H3;1H/b27-18-,28-19-;;;. The second-order valence-electron chi connectivity index (χ2n) is 20.1. The molecule has 0 N–H and O–H groups in total. The Hall–Kier alpha value is -2.91. The summed E-state index contributed by atoms with van der Waals surface area (Å²) in [6.45, 7) is 11.7. The van der Waals surface area contributed by atoms with Gasteiger partial charge >= 0.3 is 0 Å². The lowest BCUT2D eigenvalue weighted by Crippen LogP contribution is -2.19. The largest absolute Gasteiger partial charge is 0.377 e. The van der Waals surface area contributed by atoms with E-state index in [1.54, 1.807) is 0 Å². The van der Waals surface area contributed by atoms with Gasteiger partial charge in [-0.15, -0.1) is 24.0 Å². The van der Waals surface area contributed by atoms with Crippen molar-refractivity contribution in [1.82, 2.24) is 0 Å². The second kappa shape index (κ2) is 40.8. The number of unbranched alkanes of at least 4 members (excludes halogenated alkanes) is 16. The maximum atomic E-state index is 10.5. The van der Waals surface area contributed by atoms with E-state index in [1.807, 2.05) is 6.07 Å². The predicted molar refractivity (Wildman–Crippen MR) is 298 cm³/mol. The van der Waals surface area contributed by atoms with Gasteiger partial charge in [0.25, 0.3) is 0 Å². The minimum Gasteiger partial charge on any atom is -0.377 e. The highest BCUT2D eigenvalue weighted by Gasteiger charge is 2.37. The van der Waals surface area contributed by atoms with E-state index in [-0.39, 0.29) is 24.0 Å². The first-order valence-corrected chi connectivity index (χ1v) is 27.0. The Bertz CT molecular complexity index is 1580. The first kappa shape index (κ1) is 61.2. The summed E-state index contributed by atoms with van der Waals surface area (Å²) < 4.78 is 17.3. The van der Waals surface area contributed by atoms with E-state index in [1.165, 1.54) is 158 Å². The number of aldehydes is 2. The summed E-state index contributed by atoms with van der Waals surface area (Å²) in [7, 11) is 0. The maximum absolute atomic E-state index is 10.5. The molecule has 0 amide bonds. The first-order chi connectivity index (χ1) is 32.9. The molecule has 0 heterocycles. The Labute approximate surface area is 433 Å². The van der Waals surface area contributed by atoms with Gasteiger partial charge in [0.05, 0.1) is 25.2 Å². The molecule has 2 aliphatic rings. The van der Waals surface area contributed by atoms with Crippen LogP contribution in [0.4, 0.5) is 0 Å². The Morgan fingerprint density at radius 2 is 0.779 bits per heavy atom. The molecule has 2 unspecified atom stereocenters. The summed E-state index contributed by atoms with van der Waals surface area (Å²) in [5.74, 6) is 1.39. The van der Waals surface area contributed by atoms with Gasteiger partial charge in [-0.05, 0) is 112 Å². The molecule has 380 valence electrons. The zero-order valence-corrected chi connectivity index (χ0v) is 45.5. The Morgan fingerprint density at radius 3 is 1.09 bits per heavy atom. The molecule has 68 heavy (non-hydrogen) atoms. The minimum atomic E-state index is -0.612. The molecule has 5 rings (SSSR count). The van der Waals surface area contributed by atoms with E-state index in [0.29, 0.717) is 11.3 Å². The number of hydrogen-bond acceptors (Lipinski definition) is 5. The topological polar surface area (TPSA) is 61.8 Å². The van der Waals surface area contributed by atoms with Crippen LogP contribution in [0.1, 0.15) is 198 Å². The van der Waals surface area contributed by atoms with E-state index in [4.69, 9.17) is 14.2 Å². The van der Waals surface area contributed by atoms with Gasteiger partial charge in [-0.25, -0.2) is 0 Å². The van der Waals surface area contributed by atoms with E-state index >= 15 is 0 Å². The van der Waals surface area contributed by atoms with Crippen molar-refractivity contribution in [3.8, 4) is 0 Å². The van der Waals surface area contributed by atoms with Crippen molar-refractivity contribution in [3.63, 3.8) is 0 Å². The zero-order chi connectivity index (χ0) is 47.8. The molecule has 0 radical (unpaired) electrons. The lowest BCUT2D eigenvalue weighted by Gasteiger charge is -2.21. The molecule has 3 aromatic rings. The number of carbonyl (C=O) groups is 2. The van der Waals surface area contributed by atoms with Crippen molar-refractivity contribution in [3.05, 3.63) is 132 Å². The smallest absolute Gasteiger partial charge is 0.133 e.